The number of benzene rings is 1. The smallest absolute Gasteiger partial charge is 0.326 e. The number of methoxy groups -OCH3 is 1. The molecule has 0 spiro atoms. The quantitative estimate of drug-likeness (QED) is 0.898. The van der Waals surface area contributed by atoms with E-state index in [1.54, 1.807) is 25.1 Å². The van der Waals surface area contributed by atoms with Gasteiger partial charge in [0.2, 0.25) is 0 Å². The maximum Gasteiger partial charge on any atom is 0.326 e. The second-order valence-electron chi connectivity index (χ2n) is 4.94. The summed E-state index contributed by atoms with van der Waals surface area (Å²) in [5.41, 5.74) is 1.30. The Morgan fingerprint density at radius 1 is 1.48 bits per heavy atom. The zero-order valence-electron chi connectivity index (χ0n) is 11.8. The third-order valence-corrected chi connectivity index (χ3v) is 4.06. The Kier molecular flexibility index (Phi) is 4.69. The molecule has 1 aromatic carbocycles. The summed E-state index contributed by atoms with van der Waals surface area (Å²) in [7, 11) is 1.51. The van der Waals surface area contributed by atoms with Gasteiger partial charge < -0.3 is 20.1 Å². The van der Waals surface area contributed by atoms with Crippen LogP contribution in [-0.2, 0) is 9.53 Å². The number of anilines is 1. The molecule has 2 unspecified atom stereocenters. The number of carboxylic acid groups (broad SMARTS) is 1. The maximum absolute atomic E-state index is 12.3. The number of halogens is 1. The zero-order valence-corrected chi connectivity index (χ0v) is 12.6. The number of hydrogen-bond donors (Lipinski definition) is 2. The highest BCUT2D eigenvalue weighted by Crippen LogP contribution is 2.25. The van der Waals surface area contributed by atoms with Crippen molar-refractivity contribution in [1.29, 1.82) is 0 Å². The lowest BCUT2D eigenvalue weighted by Gasteiger charge is -2.22. The third-order valence-electron chi connectivity index (χ3n) is 3.65. The van der Waals surface area contributed by atoms with Gasteiger partial charge in [0.25, 0.3) is 0 Å². The molecular formula is C14H17ClN2O4. The number of ether oxygens (including phenoxy) is 1. The lowest BCUT2D eigenvalue weighted by Crippen LogP contribution is -2.43. The van der Waals surface area contributed by atoms with Gasteiger partial charge in [-0.3, -0.25) is 0 Å². The molecule has 1 aromatic rings. The molecule has 0 saturated carbocycles. The van der Waals surface area contributed by atoms with E-state index in [0.717, 1.165) is 5.56 Å². The minimum atomic E-state index is -1.03. The summed E-state index contributed by atoms with van der Waals surface area (Å²) in [5, 5.41) is 12.5. The van der Waals surface area contributed by atoms with Crippen molar-refractivity contribution in [2.75, 3.05) is 19.0 Å². The second-order valence-corrected chi connectivity index (χ2v) is 5.35. The van der Waals surface area contributed by atoms with Gasteiger partial charge >= 0.3 is 12.0 Å². The van der Waals surface area contributed by atoms with Crippen LogP contribution in [0.3, 0.4) is 0 Å². The van der Waals surface area contributed by atoms with Gasteiger partial charge in [0.15, 0.2) is 0 Å². The fraction of sp³-hybridized carbons (Fsp3) is 0.429. The number of amides is 2. The number of carboxylic acids is 1. The summed E-state index contributed by atoms with van der Waals surface area (Å²) in [6.45, 7) is 2.04. The average Bonchev–Trinajstić information content (AvgIpc) is 2.88. The summed E-state index contributed by atoms with van der Waals surface area (Å²) in [4.78, 5) is 24.8. The fourth-order valence-electron chi connectivity index (χ4n) is 2.36. The minimum Gasteiger partial charge on any atom is -0.480 e. The number of aliphatic carboxylic acids is 1. The molecule has 2 rings (SSSR count). The highest BCUT2D eigenvalue weighted by Gasteiger charge is 2.40. The van der Waals surface area contributed by atoms with E-state index in [4.69, 9.17) is 16.3 Å². The molecule has 2 atom stereocenters. The first-order valence-electron chi connectivity index (χ1n) is 6.52. The molecule has 6 nitrogen and oxygen atoms in total. The fourth-order valence-corrected chi connectivity index (χ4v) is 2.53. The van der Waals surface area contributed by atoms with Crippen molar-refractivity contribution in [3.8, 4) is 0 Å². The molecule has 1 saturated heterocycles. The summed E-state index contributed by atoms with van der Waals surface area (Å²) in [6, 6.07) is 3.82. The number of rotatable bonds is 3. The van der Waals surface area contributed by atoms with E-state index in [2.05, 4.69) is 5.32 Å². The van der Waals surface area contributed by atoms with Crippen molar-refractivity contribution >= 4 is 29.3 Å². The molecule has 2 amide bonds. The van der Waals surface area contributed by atoms with Crippen LogP contribution in [0.15, 0.2) is 18.2 Å². The molecule has 0 radical (unpaired) electrons. The van der Waals surface area contributed by atoms with Crippen LogP contribution in [0.4, 0.5) is 10.5 Å². The monoisotopic (exact) mass is 312 g/mol. The van der Waals surface area contributed by atoms with E-state index in [1.165, 1.54) is 12.0 Å². The van der Waals surface area contributed by atoms with Crippen molar-refractivity contribution < 1.29 is 19.4 Å². The van der Waals surface area contributed by atoms with Crippen LogP contribution >= 0.6 is 11.6 Å². The van der Waals surface area contributed by atoms with Crippen LogP contribution in [0, 0.1) is 6.92 Å². The lowest BCUT2D eigenvalue weighted by atomic mass is 10.2. The Bertz CT molecular complexity index is 564. The molecule has 0 aromatic heterocycles. The third kappa shape index (κ3) is 3.28. The van der Waals surface area contributed by atoms with Gasteiger partial charge in [0.05, 0.1) is 6.10 Å². The molecule has 0 aliphatic carbocycles. The number of likely N-dealkylation sites (tertiary alicyclic amines) is 1. The summed E-state index contributed by atoms with van der Waals surface area (Å²) >= 11 is 6.00. The first kappa shape index (κ1) is 15.6. The highest BCUT2D eigenvalue weighted by molar-refractivity contribution is 6.31. The van der Waals surface area contributed by atoms with Gasteiger partial charge in [-0.2, -0.15) is 0 Å². The Labute approximate surface area is 127 Å². The predicted octanol–water partition coefficient (Wildman–Crippen LogP) is 2.35. The van der Waals surface area contributed by atoms with Crippen LogP contribution in [-0.4, -0.2) is 47.8 Å². The second kappa shape index (κ2) is 6.32. The van der Waals surface area contributed by atoms with Crippen LogP contribution in [0.2, 0.25) is 5.02 Å². The van der Waals surface area contributed by atoms with E-state index in [9.17, 15) is 14.7 Å². The van der Waals surface area contributed by atoms with E-state index in [1.807, 2.05) is 0 Å². The van der Waals surface area contributed by atoms with E-state index >= 15 is 0 Å². The summed E-state index contributed by atoms with van der Waals surface area (Å²) < 4.78 is 5.16. The molecule has 2 N–H and O–H groups in total. The molecule has 1 aliphatic heterocycles. The number of urea groups is 1. The minimum absolute atomic E-state index is 0.249. The standard InChI is InChI=1S/C14H17ClN2O4/c1-8-10(15)4-3-5-11(8)16-14(20)17-7-9(21-2)6-12(17)13(18)19/h3-5,9,12H,6-7H2,1-2H3,(H,16,20)(H,18,19). The van der Waals surface area contributed by atoms with E-state index in [0.29, 0.717) is 10.7 Å². The molecule has 114 valence electrons. The van der Waals surface area contributed by atoms with Crippen molar-refractivity contribution in [2.45, 2.75) is 25.5 Å². The van der Waals surface area contributed by atoms with Crippen molar-refractivity contribution in [2.24, 2.45) is 0 Å². The van der Waals surface area contributed by atoms with Crippen LogP contribution in [0.25, 0.3) is 0 Å². The molecule has 1 fully saturated rings. The first-order valence-corrected chi connectivity index (χ1v) is 6.90. The van der Waals surface area contributed by atoms with Crippen LogP contribution < -0.4 is 5.32 Å². The summed E-state index contributed by atoms with van der Waals surface area (Å²) in [5.74, 6) is -1.03. The zero-order chi connectivity index (χ0) is 15.6. The molecule has 1 aliphatic rings. The largest absolute Gasteiger partial charge is 0.480 e. The Morgan fingerprint density at radius 2 is 2.19 bits per heavy atom. The number of carbonyl (C=O) groups excluding carboxylic acids is 1. The summed E-state index contributed by atoms with van der Waals surface area (Å²) in [6.07, 6.45) is 0.0191. The molecular weight excluding hydrogens is 296 g/mol. The SMILES string of the molecule is COC1CC(C(=O)O)N(C(=O)Nc2cccc(Cl)c2C)C1. The van der Waals surface area contributed by atoms with Gasteiger partial charge in [0, 0.05) is 30.8 Å². The molecule has 7 heteroatoms. The highest BCUT2D eigenvalue weighted by atomic mass is 35.5. The van der Waals surface area contributed by atoms with E-state index < -0.39 is 18.0 Å². The number of nitrogens with zero attached hydrogens (tertiary/aromatic N) is 1. The topological polar surface area (TPSA) is 78.9 Å². The molecule has 21 heavy (non-hydrogen) atoms. The number of carbonyl (C=O) groups is 2. The van der Waals surface area contributed by atoms with Gasteiger partial charge in [-0.1, -0.05) is 17.7 Å². The van der Waals surface area contributed by atoms with Gasteiger partial charge in [0.1, 0.15) is 6.04 Å². The maximum atomic E-state index is 12.3. The van der Waals surface area contributed by atoms with Crippen LogP contribution in [0.1, 0.15) is 12.0 Å². The van der Waals surface area contributed by atoms with Gasteiger partial charge in [-0.25, -0.2) is 9.59 Å². The number of nitrogens with one attached hydrogen (secondary N) is 1. The lowest BCUT2D eigenvalue weighted by molar-refractivity contribution is -0.141. The van der Waals surface area contributed by atoms with Crippen LogP contribution in [0.5, 0.6) is 0 Å². The van der Waals surface area contributed by atoms with Crippen molar-refractivity contribution in [3.05, 3.63) is 28.8 Å². The average molecular weight is 313 g/mol. The van der Waals surface area contributed by atoms with Crippen molar-refractivity contribution in [3.63, 3.8) is 0 Å². The molecule has 1 heterocycles. The predicted molar refractivity (Wildman–Crippen MR) is 78.8 cm³/mol. The Balaban J connectivity index is 2.15. The van der Waals surface area contributed by atoms with Gasteiger partial charge in [-0.05, 0) is 24.6 Å². The van der Waals surface area contributed by atoms with Crippen molar-refractivity contribution in [1.82, 2.24) is 4.90 Å². The molecule has 0 bridgehead atoms. The Morgan fingerprint density at radius 3 is 2.81 bits per heavy atom. The van der Waals surface area contributed by atoms with Gasteiger partial charge in [-0.15, -0.1) is 0 Å². The number of hydrogen-bond acceptors (Lipinski definition) is 3. The normalized spacial score (nSPS) is 21.4. The Hall–Kier alpha value is -1.79. The van der Waals surface area contributed by atoms with E-state index in [-0.39, 0.29) is 19.1 Å². The first-order chi connectivity index (χ1) is 9.93.